The van der Waals surface area contributed by atoms with Gasteiger partial charge in [0.1, 0.15) is 5.82 Å². The van der Waals surface area contributed by atoms with E-state index < -0.39 is 0 Å². The molecule has 0 N–H and O–H groups in total. The average Bonchev–Trinajstić information content (AvgIpc) is 3.12. The van der Waals surface area contributed by atoms with E-state index >= 15 is 0 Å². The van der Waals surface area contributed by atoms with Crippen molar-refractivity contribution in [3.8, 4) is 17.1 Å². The minimum atomic E-state index is -0.199. The van der Waals surface area contributed by atoms with Gasteiger partial charge in [-0.3, -0.25) is 4.57 Å². The number of aromatic nitrogens is 3. The van der Waals surface area contributed by atoms with Gasteiger partial charge in [0.25, 0.3) is 0 Å². The van der Waals surface area contributed by atoms with E-state index in [0.29, 0.717) is 11.3 Å². The summed E-state index contributed by atoms with van der Waals surface area (Å²) in [7, 11) is 0. The molecule has 0 spiro atoms. The van der Waals surface area contributed by atoms with Gasteiger partial charge in [-0.15, -0.1) is 10.2 Å². The summed E-state index contributed by atoms with van der Waals surface area (Å²) >= 11 is 1.48. The molecule has 0 bridgehead atoms. The molecule has 1 heterocycles. The second-order valence-corrected chi connectivity index (χ2v) is 7.11. The van der Waals surface area contributed by atoms with Crippen LogP contribution in [0.4, 0.5) is 4.39 Å². The fourth-order valence-corrected chi connectivity index (χ4v) is 3.87. The van der Waals surface area contributed by atoms with Gasteiger partial charge >= 0.3 is 0 Å². The van der Waals surface area contributed by atoms with Gasteiger partial charge in [-0.1, -0.05) is 72.4 Å². The topological polar surface area (TPSA) is 30.7 Å². The molecule has 0 aliphatic carbocycles. The Labute approximate surface area is 161 Å². The fraction of sp³-hybridized carbons (Fsp3) is 0.0909. The maximum atomic E-state index is 14.0. The van der Waals surface area contributed by atoms with Crippen molar-refractivity contribution in [2.45, 2.75) is 17.8 Å². The summed E-state index contributed by atoms with van der Waals surface area (Å²) in [5, 5.41) is 9.60. The molecular weight excluding hydrogens is 357 g/mol. The zero-order valence-electron chi connectivity index (χ0n) is 14.8. The third-order valence-electron chi connectivity index (χ3n) is 4.35. The van der Waals surface area contributed by atoms with E-state index in [0.717, 1.165) is 27.8 Å². The lowest BCUT2D eigenvalue weighted by molar-refractivity contribution is 0.617. The monoisotopic (exact) mass is 375 g/mol. The molecule has 0 saturated carbocycles. The van der Waals surface area contributed by atoms with Gasteiger partial charge in [-0.2, -0.15) is 0 Å². The van der Waals surface area contributed by atoms with Crippen LogP contribution in [0.15, 0.2) is 84.0 Å². The van der Waals surface area contributed by atoms with E-state index in [1.165, 1.54) is 17.8 Å². The number of halogens is 1. The first-order valence-electron chi connectivity index (χ1n) is 8.67. The maximum Gasteiger partial charge on any atom is 0.196 e. The molecule has 0 aliphatic heterocycles. The van der Waals surface area contributed by atoms with Crippen molar-refractivity contribution in [1.82, 2.24) is 14.8 Å². The molecule has 0 saturated heterocycles. The van der Waals surface area contributed by atoms with Crippen LogP contribution in [-0.4, -0.2) is 14.8 Å². The molecule has 0 amide bonds. The zero-order chi connectivity index (χ0) is 18.6. The summed E-state index contributed by atoms with van der Waals surface area (Å²) in [6, 6.07) is 25.0. The van der Waals surface area contributed by atoms with Crippen molar-refractivity contribution >= 4 is 11.8 Å². The molecule has 0 unspecified atom stereocenters. The quantitative estimate of drug-likeness (QED) is 0.421. The molecule has 4 rings (SSSR count). The number of nitrogens with zero attached hydrogens (tertiary/aromatic N) is 3. The Kier molecular flexibility index (Phi) is 5.03. The fourth-order valence-electron chi connectivity index (χ4n) is 2.93. The minimum absolute atomic E-state index is 0.199. The van der Waals surface area contributed by atoms with Gasteiger partial charge < -0.3 is 0 Å². The first kappa shape index (κ1) is 17.5. The van der Waals surface area contributed by atoms with Crippen molar-refractivity contribution in [3.63, 3.8) is 0 Å². The van der Waals surface area contributed by atoms with Crippen LogP contribution in [-0.2, 0) is 5.75 Å². The van der Waals surface area contributed by atoms with E-state index in [4.69, 9.17) is 0 Å². The van der Waals surface area contributed by atoms with Crippen molar-refractivity contribution in [3.05, 3.63) is 95.8 Å². The van der Waals surface area contributed by atoms with Gasteiger partial charge in [-0.05, 0) is 36.2 Å². The molecule has 3 nitrogen and oxygen atoms in total. The zero-order valence-corrected chi connectivity index (χ0v) is 15.7. The van der Waals surface area contributed by atoms with Crippen LogP contribution in [0.1, 0.15) is 11.1 Å². The largest absolute Gasteiger partial charge is 0.270 e. The highest BCUT2D eigenvalue weighted by Gasteiger charge is 2.17. The van der Waals surface area contributed by atoms with Crippen molar-refractivity contribution < 1.29 is 4.39 Å². The summed E-state index contributed by atoms with van der Waals surface area (Å²) in [6.45, 7) is 2.06. The summed E-state index contributed by atoms with van der Waals surface area (Å²) in [4.78, 5) is 0. The van der Waals surface area contributed by atoms with Crippen LogP contribution >= 0.6 is 11.8 Å². The highest BCUT2D eigenvalue weighted by molar-refractivity contribution is 7.98. The normalized spacial score (nSPS) is 10.9. The summed E-state index contributed by atoms with van der Waals surface area (Å²) in [5.74, 6) is 1.08. The highest BCUT2D eigenvalue weighted by atomic mass is 32.2. The van der Waals surface area contributed by atoms with Crippen LogP contribution < -0.4 is 0 Å². The second-order valence-electron chi connectivity index (χ2n) is 6.17. The van der Waals surface area contributed by atoms with Gasteiger partial charge in [0.15, 0.2) is 11.0 Å². The number of thioether (sulfide) groups is 1. The summed E-state index contributed by atoms with van der Waals surface area (Å²) < 4.78 is 16.0. The van der Waals surface area contributed by atoms with Crippen molar-refractivity contribution in [1.29, 1.82) is 0 Å². The lowest BCUT2D eigenvalue weighted by Gasteiger charge is -2.11. The molecule has 27 heavy (non-hydrogen) atoms. The molecule has 1 aromatic heterocycles. The third kappa shape index (κ3) is 3.64. The van der Waals surface area contributed by atoms with Gasteiger partial charge in [-0.25, -0.2) is 4.39 Å². The lowest BCUT2D eigenvalue weighted by Crippen LogP contribution is -2.00. The lowest BCUT2D eigenvalue weighted by atomic mass is 10.1. The predicted molar refractivity (Wildman–Crippen MR) is 107 cm³/mol. The van der Waals surface area contributed by atoms with Crippen molar-refractivity contribution in [2.24, 2.45) is 0 Å². The highest BCUT2D eigenvalue weighted by Crippen LogP contribution is 2.31. The standard InChI is InChI=1S/C22H18FN3S/c1-16-9-5-7-13-19(16)21-24-25-22(26(21)18-11-3-2-4-12-18)27-15-17-10-6-8-14-20(17)23/h2-14H,15H2,1H3. The third-order valence-corrected chi connectivity index (χ3v) is 5.33. The summed E-state index contributed by atoms with van der Waals surface area (Å²) in [6.07, 6.45) is 0. The molecular formula is C22H18FN3S. The molecule has 0 fully saturated rings. The SMILES string of the molecule is Cc1ccccc1-c1nnc(SCc2ccccc2F)n1-c1ccccc1. The Morgan fingerprint density at radius 3 is 2.33 bits per heavy atom. The van der Waals surface area contributed by atoms with Crippen LogP contribution in [0.3, 0.4) is 0 Å². The van der Waals surface area contributed by atoms with E-state index in [-0.39, 0.29) is 5.82 Å². The Hall–Kier alpha value is -2.92. The number of rotatable bonds is 5. The molecule has 5 heteroatoms. The van der Waals surface area contributed by atoms with Crippen LogP contribution in [0.5, 0.6) is 0 Å². The van der Waals surface area contributed by atoms with Crippen LogP contribution in [0, 0.1) is 12.7 Å². The van der Waals surface area contributed by atoms with Crippen molar-refractivity contribution in [2.75, 3.05) is 0 Å². The molecule has 4 aromatic rings. The number of benzene rings is 3. The molecule has 0 atom stereocenters. The first-order valence-corrected chi connectivity index (χ1v) is 9.65. The second kappa shape index (κ2) is 7.76. The average molecular weight is 375 g/mol. The Morgan fingerprint density at radius 2 is 1.56 bits per heavy atom. The van der Waals surface area contributed by atoms with E-state index in [1.54, 1.807) is 12.1 Å². The van der Waals surface area contributed by atoms with E-state index in [1.807, 2.05) is 59.2 Å². The summed E-state index contributed by atoms with van der Waals surface area (Å²) in [5.41, 5.74) is 3.80. The van der Waals surface area contributed by atoms with Crippen LogP contribution in [0.2, 0.25) is 0 Å². The van der Waals surface area contributed by atoms with Gasteiger partial charge in [0.05, 0.1) is 0 Å². The Bertz CT molecular complexity index is 1060. The Balaban J connectivity index is 1.76. The number of hydrogen-bond acceptors (Lipinski definition) is 3. The predicted octanol–water partition coefficient (Wildman–Crippen LogP) is 5.67. The minimum Gasteiger partial charge on any atom is -0.270 e. The molecule has 134 valence electrons. The number of para-hydroxylation sites is 1. The van der Waals surface area contributed by atoms with Gasteiger partial charge in [0.2, 0.25) is 0 Å². The van der Waals surface area contributed by atoms with Crippen LogP contribution in [0.25, 0.3) is 17.1 Å². The smallest absolute Gasteiger partial charge is 0.196 e. The molecule has 0 radical (unpaired) electrons. The van der Waals surface area contributed by atoms with E-state index in [9.17, 15) is 4.39 Å². The number of aryl methyl sites for hydroxylation is 1. The number of hydrogen-bond donors (Lipinski definition) is 0. The molecule has 3 aromatic carbocycles. The first-order chi connectivity index (χ1) is 13.2. The Morgan fingerprint density at radius 1 is 0.852 bits per heavy atom. The van der Waals surface area contributed by atoms with Gasteiger partial charge in [0, 0.05) is 17.0 Å². The maximum absolute atomic E-state index is 14.0. The van der Waals surface area contributed by atoms with E-state index in [2.05, 4.69) is 23.2 Å². The molecule has 0 aliphatic rings.